The highest BCUT2D eigenvalue weighted by Crippen LogP contribution is 2.43. The fourth-order valence-corrected chi connectivity index (χ4v) is 6.99. The van der Waals surface area contributed by atoms with Gasteiger partial charge < -0.3 is 19.8 Å². The highest BCUT2D eigenvalue weighted by Gasteiger charge is 2.27. The van der Waals surface area contributed by atoms with Gasteiger partial charge in [-0.25, -0.2) is 4.57 Å². The zero-order chi connectivity index (χ0) is 37.9. The number of quaternary nitrogens is 1. The van der Waals surface area contributed by atoms with E-state index in [1.165, 1.54) is 148 Å². The molecule has 3 N–H and O–H groups in total. The van der Waals surface area contributed by atoms with E-state index in [1.807, 2.05) is 34.1 Å². The minimum atomic E-state index is -4.31. The number of aliphatic hydroxyl groups is 1. The number of nitrogens with zero attached hydrogens (tertiary/aromatic N) is 1. The van der Waals surface area contributed by atoms with Gasteiger partial charge in [-0.05, 0) is 19.3 Å². The van der Waals surface area contributed by atoms with Crippen molar-refractivity contribution < 1.29 is 32.9 Å². The van der Waals surface area contributed by atoms with E-state index in [9.17, 15) is 19.4 Å². The van der Waals surface area contributed by atoms with E-state index in [2.05, 4.69) is 12.2 Å². The number of likely N-dealkylation sites (N-methyl/N-ethyl adjacent to an activating group) is 1. The molecule has 8 nitrogen and oxygen atoms in total. The van der Waals surface area contributed by atoms with E-state index in [-0.39, 0.29) is 19.1 Å². The van der Waals surface area contributed by atoms with Crippen LogP contribution in [0.5, 0.6) is 0 Å². The average Bonchev–Trinajstić information content (AvgIpc) is 3.08. The Morgan fingerprint density at radius 3 is 1.43 bits per heavy atom. The summed E-state index contributed by atoms with van der Waals surface area (Å²) in [5.74, 6) is -0.211. The summed E-state index contributed by atoms with van der Waals surface area (Å²) in [5, 5.41) is 13.5. The number of phosphoric ester groups is 1. The molecule has 9 heteroatoms. The van der Waals surface area contributed by atoms with E-state index in [4.69, 9.17) is 9.05 Å². The number of unbranched alkanes of at least 4 members (excludes halogenated alkanes) is 26. The van der Waals surface area contributed by atoms with Gasteiger partial charge in [-0.1, -0.05) is 187 Å². The summed E-state index contributed by atoms with van der Waals surface area (Å²) in [7, 11) is 1.57. The van der Waals surface area contributed by atoms with Gasteiger partial charge in [0, 0.05) is 6.42 Å². The van der Waals surface area contributed by atoms with Crippen LogP contribution in [0.3, 0.4) is 0 Å². The standard InChI is InChI=1S/C42H85N2O6P/c1-6-8-10-11-12-13-14-15-16-17-18-19-20-21-22-23-24-25-26-27-28-29-30-31-32-33-34-35-41(45)40(43-42(46)36-9-7-2)39-50-51(47,48)49-38-37-44(3,4)5/h34-35,40-41,45H,6-33,36-39H2,1-5H3,(H-,43,46,47,48)/p+1/b35-34+. The van der Waals surface area contributed by atoms with Crippen molar-refractivity contribution >= 4 is 13.7 Å². The first-order valence-electron chi connectivity index (χ1n) is 21.6. The number of carbonyl (C=O) groups excluding carboxylic acids is 1. The molecule has 3 unspecified atom stereocenters. The molecule has 0 aliphatic rings. The SMILES string of the molecule is CCCCCCCCCCCCCCCCCCCCCCCCCCC/C=C/C(O)C(COP(=O)(O)OCC[N+](C)(C)C)NC(=O)CCCC. The summed E-state index contributed by atoms with van der Waals surface area (Å²) < 4.78 is 23.2. The lowest BCUT2D eigenvalue weighted by Gasteiger charge is -2.25. The van der Waals surface area contributed by atoms with Crippen LogP contribution in [0.25, 0.3) is 0 Å². The Balaban J connectivity index is 3.85. The molecule has 304 valence electrons. The second kappa shape index (κ2) is 35.0. The fourth-order valence-electron chi connectivity index (χ4n) is 6.25. The maximum Gasteiger partial charge on any atom is 0.472 e. The van der Waals surface area contributed by atoms with Crippen LogP contribution in [0, 0.1) is 0 Å². The average molecular weight is 746 g/mol. The molecule has 0 rings (SSSR count). The third-order valence-corrected chi connectivity index (χ3v) is 10.7. The van der Waals surface area contributed by atoms with Gasteiger partial charge in [-0.2, -0.15) is 0 Å². The predicted octanol–water partition coefficient (Wildman–Crippen LogP) is 11.6. The number of nitrogens with one attached hydrogen (secondary N) is 1. The Labute approximate surface area is 316 Å². The lowest BCUT2D eigenvalue weighted by Crippen LogP contribution is -2.45. The molecule has 0 aliphatic heterocycles. The highest BCUT2D eigenvalue weighted by molar-refractivity contribution is 7.47. The topological polar surface area (TPSA) is 105 Å². The minimum Gasteiger partial charge on any atom is -0.387 e. The summed E-state index contributed by atoms with van der Waals surface area (Å²) in [5.41, 5.74) is 0. The Morgan fingerprint density at radius 1 is 0.647 bits per heavy atom. The molecule has 1 amide bonds. The molecule has 0 radical (unpaired) electrons. The Bertz CT molecular complexity index is 850. The van der Waals surface area contributed by atoms with Gasteiger partial charge in [-0.15, -0.1) is 0 Å². The second-order valence-electron chi connectivity index (χ2n) is 16.1. The van der Waals surface area contributed by atoms with Crippen molar-refractivity contribution in [3.05, 3.63) is 12.2 Å². The van der Waals surface area contributed by atoms with Crippen molar-refractivity contribution in [2.45, 2.75) is 212 Å². The van der Waals surface area contributed by atoms with Crippen LogP contribution in [0.1, 0.15) is 200 Å². The van der Waals surface area contributed by atoms with Crippen LogP contribution in [0.15, 0.2) is 12.2 Å². The monoisotopic (exact) mass is 746 g/mol. The second-order valence-corrected chi connectivity index (χ2v) is 17.5. The van der Waals surface area contributed by atoms with Crippen molar-refractivity contribution in [2.24, 2.45) is 0 Å². The molecule has 0 aromatic heterocycles. The number of hydrogen-bond acceptors (Lipinski definition) is 5. The molecule has 0 aromatic rings. The van der Waals surface area contributed by atoms with Crippen LogP contribution < -0.4 is 5.32 Å². The maximum absolute atomic E-state index is 12.4. The normalized spacial score (nSPS) is 14.6. The van der Waals surface area contributed by atoms with E-state index >= 15 is 0 Å². The molecule has 0 saturated heterocycles. The first kappa shape index (κ1) is 50.2. The van der Waals surface area contributed by atoms with Gasteiger partial charge in [0.15, 0.2) is 0 Å². The molecular formula is C42H86N2O6P+. The van der Waals surface area contributed by atoms with Crippen molar-refractivity contribution in [2.75, 3.05) is 40.9 Å². The van der Waals surface area contributed by atoms with Gasteiger partial charge in [0.1, 0.15) is 13.2 Å². The lowest BCUT2D eigenvalue weighted by molar-refractivity contribution is -0.870. The van der Waals surface area contributed by atoms with Gasteiger partial charge in [0.2, 0.25) is 5.91 Å². The minimum absolute atomic E-state index is 0.0624. The molecule has 0 fully saturated rings. The van der Waals surface area contributed by atoms with Gasteiger partial charge in [-0.3, -0.25) is 13.8 Å². The van der Waals surface area contributed by atoms with Gasteiger partial charge in [0.25, 0.3) is 0 Å². The van der Waals surface area contributed by atoms with Crippen molar-refractivity contribution in [1.29, 1.82) is 0 Å². The quantitative estimate of drug-likeness (QED) is 0.0250. The number of carbonyl (C=O) groups is 1. The lowest BCUT2D eigenvalue weighted by atomic mass is 10.0. The van der Waals surface area contributed by atoms with E-state index in [0.717, 1.165) is 32.1 Å². The molecule has 0 aromatic carbocycles. The number of rotatable bonds is 39. The van der Waals surface area contributed by atoms with Crippen LogP contribution in [0.4, 0.5) is 0 Å². The van der Waals surface area contributed by atoms with Crippen molar-refractivity contribution in [3.63, 3.8) is 0 Å². The molecule has 0 aliphatic carbocycles. The third kappa shape index (κ3) is 37.4. The third-order valence-electron chi connectivity index (χ3n) is 9.76. The molecule has 0 heterocycles. The van der Waals surface area contributed by atoms with E-state index < -0.39 is 20.0 Å². The molecule has 0 spiro atoms. The predicted molar refractivity (Wildman–Crippen MR) is 217 cm³/mol. The van der Waals surface area contributed by atoms with Gasteiger partial charge >= 0.3 is 7.82 Å². The van der Waals surface area contributed by atoms with Crippen molar-refractivity contribution in [3.8, 4) is 0 Å². The van der Waals surface area contributed by atoms with Crippen LogP contribution in [-0.2, 0) is 18.4 Å². The number of amides is 1. The maximum atomic E-state index is 12.4. The summed E-state index contributed by atoms with van der Waals surface area (Å²) >= 11 is 0. The Hall–Kier alpha value is -0.760. The molecule has 3 atom stereocenters. The Morgan fingerprint density at radius 2 is 1.04 bits per heavy atom. The molecule has 0 saturated carbocycles. The molecule has 51 heavy (non-hydrogen) atoms. The van der Waals surface area contributed by atoms with Crippen LogP contribution in [0.2, 0.25) is 0 Å². The van der Waals surface area contributed by atoms with Crippen molar-refractivity contribution in [1.82, 2.24) is 5.32 Å². The summed E-state index contributed by atoms with van der Waals surface area (Å²) in [6.07, 6.45) is 39.9. The highest BCUT2D eigenvalue weighted by atomic mass is 31.2. The molecular weight excluding hydrogens is 659 g/mol. The zero-order valence-electron chi connectivity index (χ0n) is 34.4. The number of phosphoric acid groups is 1. The number of hydrogen-bond donors (Lipinski definition) is 3. The largest absolute Gasteiger partial charge is 0.472 e. The summed E-state index contributed by atoms with van der Waals surface area (Å²) in [4.78, 5) is 22.4. The number of allylic oxidation sites excluding steroid dienone is 1. The first-order chi connectivity index (χ1) is 24.5. The van der Waals surface area contributed by atoms with E-state index in [0.29, 0.717) is 17.4 Å². The van der Waals surface area contributed by atoms with E-state index in [1.54, 1.807) is 6.08 Å². The first-order valence-corrected chi connectivity index (χ1v) is 23.1. The smallest absolute Gasteiger partial charge is 0.387 e. The Kier molecular flexibility index (Phi) is 34.5. The fraction of sp³-hybridized carbons (Fsp3) is 0.929. The van der Waals surface area contributed by atoms with Gasteiger partial charge in [0.05, 0.1) is 39.9 Å². The van der Waals surface area contributed by atoms with Crippen LogP contribution in [-0.4, -0.2) is 73.4 Å². The summed E-state index contributed by atoms with van der Waals surface area (Å²) in [6.45, 7) is 4.58. The summed E-state index contributed by atoms with van der Waals surface area (Å²) in [6, 6.07) is -0.836. The zero-order valence-corrected chi connectivity index (χ0v) is 35.3. The van der Waals surface area contributed by atoms with Crippen LogP contribution >= 0.6 is 7.82 Å². The molecule has 0 bridgehead atoms. The number of aliphatic hydroxyl groups excluding tert-OH is 1.